The zero-order chi connectivity index (χ0) is 19.4. The Morgan fingerprint density at radius 1 is 1.11 bits per heavy atom. The van der Waals surface area contributed by atoms with E-state index < -0.39 is 0 Å². The van der Waals surface area contributed by atoms with Crippen LogP contribution < -0.4 is 10.5 Å². The molecule has 28 heavy (non-hydrogen) atoms. The van der Waals surface area contributed by atoms with Gasteiger partial charge in [-0.2, -0.15) is 0 Å². The van der Waals surface area contributed by atoms with E-state index in [0.717, 1.165) is 0 Å². The second-order valence-corrected chi connectivity index (χ2v) is 7.86. The number of nitrogen functional groups attached to an aromatic ring is 1. The second-order valence-electron chi connectivity index (χ2n) is 7.46. The Labute approximate surface area is 177 Å². The third kappa shape index (κ3) is 5.23. The highest BCUT2D eigenvalue weighted by Crippen LogP contribution is 2.30. The van der Waals surface area contributed by atoms with Crippen molar-refractivity contribution in [2.45, 2.75) is 38.5 Å². The van der Waals surface area contributed by atoms with E-state index in [1.807, 2.05) is 4.90 Å². The molecule has 0 spiro atoms. The quantitative estimate of drug-likeness (QED) is 0.741. The van der Waals surface area contributed by atoms with E-state index >= 15 is 0 Å². The van der Waals surface area contributed by atoms with Crippen molar-refractivity contribution < 1.29 is 14.3 Å². The van der Waals surface area contributed by atoms with Gasteiger partial charge in [0.25, 0.3) is 5.91 Å². The first-order valence-electron chi connectivity index (χ1n) is 9.69. The predicted molar refractivity (Wildman–Crippen MR) is 113 cm³/mol. The molecule has 2 amide bonds. The minimum absolute atomic E-state index is 0. The van der Waals surface area contributed by atoms with Crippen LogP contribution in [0.3, 0.4) is 0 Å². The van der Waals surface area contributed by atoms with Crippen LogP contribution in [0.5, 0.6) is 5.75 Å². The summed E-state index contributed by atoms with van der Waals surface area (Å²) in [5.74, 6) is 1.03. The highest BCUT2D eigenvalue weighted by molar-refractivity contribution is 6.33. The summed E-state index contributed by atoms with van der Waals surface area (Å²) in [7, 11) is 1.50. The average Bonchev–Trinajstić information content (AvgIpc) is 2.70. The molecule has 2 N–H and O–H groups in total. The van der Waals surface area contributed by atoms with E-state index in [2.05, 4.69) is 0 Å². The Bertz CT molecular complexity index is 700. The van der Waals surface area contributed by atoms with Crippen molar-refractivity contribution in [2.75, 3.05) is 39.0 Å². The number of benzene rings is 1. The number of methoxy groups -OCH3 is 1. The molecule has 3 rings (SSSR count). The molecule has 156 valence electrons. The van der Waals surface area contributed by atoms with Gasteiger partial charge in [0.1, 0.15) is 5.75 Å². The largest absolute Gasteiger partial charge is 0.496 e. The smallest absolute Gasteiger partial charge is 0.257 e. The van der Waals surface area contributed by atoms with Crippen LogP contribution in [0.4, 0.5) is 5.69 Å². The van der Waals surface area contributed by atoms with Crippen LogP contribution >= 0.6 is 24.0 Å². The molecule has 0 radical (unpaired) electrons. The number of piperazine rings is 1. The van der Waals surface area contributed by atoms with Gasteiger partial charge in [-0.15, -0.1) is 12.4 Å². The molecule has 0 atom stereocenters. The number of rotatable bonds is 4. The molecule has 1 aliphatic carbocycles. The number of carbonyl (C=O) groups excluding carboxylic acids is 2. The van der Waals surface area contributed by atoms with Crippen molar-refractivity contribution in [2.24, 2.45) is 5.92 Å². The summed E-state index contributed by atoms with van der Waals surface area (Å²) in [6.07, 6.45) is 6.77. The Morgan fingerprint density at radius 3 is 2.32 bits per heavy atom. The Balaban J connectivity index is 0.00000280. The number of nitrogens with two attached hydrogens (primary N) is 1. The summed E-state index contributed by atoms with van der Waals surface area (Å²) >= 11 is 6.08. The van der Waals surface area contributed by atoms with Crippen molar-refractivity contribution in [1.29, 1.82) is 0 Å². The van der Waals surface area contributed by atoms with Crippen LogP contribution in [0, 0.1) is 5.92 Å². The number of hydrogen-bond acceptors (Lipinski definition) is 4. The molecule has 0 unspecified atom stereocenters. The van der Waals surface area contributed by atoms with E-state index in [1.165, 1.54) is 39.2 Å². The average molecular weight is 430 g/mol. The van der Waals surface area contributed by atoms with Gasteiger partial charge < -0.3 is 20.3 Å². The number of amides is 2. The van der Waals surface area contributed by atoms with E-state index in [1.54, 1.807) is 17.0 Å². The molecule has 1 saturated heterocycles. The minimum Gasteiger partial charge on any atom is -0.496 e. The van der Waals surface area contributed by atoms with Crippen molar-refractivity contribution in [3.63, 3.8) is 0 Å². The third-order valence-electron chi connectivity index (χ3n) is 5.66. The lowest BCUT2D eigenvalue weighted by molar-refractivity contribution is -0.133. The molecule has 1 aliphatic heterocycles. The fourth-order valence-corrected chi connectivity index (χ4v) is 4.17. The molecule has 2 aliphatic rings. The molecular weight excluding hydrogens is 401 g/mol. The molecule has 1 aromatic rings. The van der Waals surface area contributed by atoms with Crippen LogP contribution in [0.25, 0.3) is 0 Å². The molecule has 1 heterocycles. The maximum atomic E-state index is 12.9. The fourth-order valence-electron chi connectivity index (χ4n) is 4.00. The normalized spacial score (nSPS) is 17.8. The summed E-state index contributed by atoms with van der Waals surface area (Å²) < 4.78 is 5.29. The first-order chi connectivity index (χ1) is 13.0. The van der Waals surface area contributed by atoms with Gasteiger partial charge in [-0.05, 0) is 24.8 Å². The predicted octanol–water partition coefficient (Wildman–Crippen LogP) is 3.61. The first kappa shape index (κ1) is 22.6. The summed E-state index contributed by atoms with van der Waals surface area (Å²) in [6.45, 7) is 2.17. The zero-order valence-corrected chi connectivity index (χ0v) is 17.9. The van der Waals surface area contributed by atoms with Gasteiger partial charge in [-0.3, -0.25) is 9.59 Å². The Hall–Kier alpha value is -1.66. The number of hydrogen-bond donors (Lipinski definition) is 1. The van der Waals surface area contributed by atoms with Crippen molar-refractivity contribution in [3.8, 4) is 5.75 Å². The van der Waals surface area contributed by atoms with Crippen molar-refractivity contribution in [3.05, 3.63) is 22.7 Å². The number of halogens is 2. The Kier molecular flexibility index (Phi) is 8.25. The maximum absolute atomic E-state index is 12.9. The number of anilines is 1. The summed E-state index contributed by atoms with van der Waals surface area (Å²) in [6, 6.07) is 3.12. The van der Waals surface area contributed by atoms with E-state index in [9.17, 15) is 9.59 Å². The highest BCUT2D eigenvalue weighted by atomic mass is 35.5. The van der Waals surface area contributed by atoms with Gasteiger partial charge >= 0.3 is 0 Å². The van der Waals surface area contributed by atoms with Crippen LogP contribution in [0.2, 0.25) is 5.02 Å². The molecule has 0 bridgehead atoms. The molecule has 0 aromatic heterocycles. The topological polar surface area (TPSA) is 75.9 Å². The van der Waals surface area contributed by atoms with Gasteiger partial charge in [-0.25, -0.2) is 0 Å². The van der Waals surface area contributed by atoms with Crippen LogP contribution in [0.15, 0.2) is 12.1 Å². The van der Waals surface area contributed by atoms with Gasteiger partial charge in [0.05, 0.1) is 23.4 Å². The maximum Gasteiger partial charge on any atom is 0.257 e. The zero-order valence-electron chi connectivity index (χ0n) is 16.3. The Morgan fingerprint density at radius 2 is 1.71 bits per heavy atom. The molecule has 8 heteroatoms. The fraction of sp³-hybridized carbons (Fsp3) is 0.600. The number of ether oxygens (including phenoxy) is 1. The lowest BCUT2D eigenvalue weighted by Gasteiger charge is -2.36. The van der Waals surface area contributed by atoms with Gasteiger partial charge in [0.2, 0.25) is 5.91 Å². The van der Waals surface area contributed by atoms with E-state index in [0.29, 0.717) is 60.5 Å². The molecule has 1 aromatic carbocycles. The van der Waals surface area contributed by atoms with Crippen LogP contribution in [-0.4, -0.2) is 54.9 Å². The lowest BCUT2D eigenvalue weighted by atomic mass is 9.86. The molecule has 2 fully saturated rings. The van der Waals surface area contributed by atoms with E-state index in [4.69, 9.17) is 22.1 Å². The van der Waals surface area contributed by atoms with Crippen molar-refractivity contribution in [1.82, 2.24) is 9.80 Å². The number of carbonyl (C=O) groups is 2. The highest BCUT2D eigenvalue weighted by Gasteiger charge is 2.28. The second kappa shape index (κ2) is 10.2. The van der Waals surface area contributed by atoms with Gasteiger partial charge in [0, 0.05) is 38.7 Å². The molecular formula is C20H29Cl2N3O3. The minimum atomic E-state index is -0.145. The lowest BCUT2D eigenvalue weighted by Crippen LogP contribution is -2.51. The molecule has 1 saturated carbocycles. The van der Waals surface area contributed by atoms with Crippen LogP contribution in [0.1, 0.15) is 48.9 Å². The van der Waals surface area contributed by atoms with Crippen molar-refractivity contribution >= 4 is 41.5 Å². The summed E-state index contributed by atoms with van der Waals surface area (Å²) in [5.41, 5.74) is 6.57. The van der Waals surface area contributed by atoms with E-state index in [-0.39, 0.29) is 24.2 Å². The monoisotopic (exact) mass is 429 g/mol. The third-order valence-corrected chi connectivity index (χ3v) is 5.98. The first-order valence-corrected chi connectivity index (χ1v) is 10.1. The van der Waals surface area contributed by atoms with Gasteiger partial charge in [-0.1, -0.05) is 30.9 Å². The summed E-state index contributed by atoms with van der Waals surface area (Å²) in [5, 5.41) is 0.334. The number of nitrogens with zero attached hydrogens (tertiary/aromatic N) is 2. The van der Waals surface area contributed by atoms with Gasteiger partial charge in [0.15, 0.2) is 0 Å². The standard InChI is InChI=1S/C20H28ClN3O3.ClH/c1-27-18-13-17(22)16(21)12-15(18)20(26)24-9-7-23(8-10-24)19(25)11-14-5-3-2-4-6-14;/h12-14H,2-11,22H2,1H3;1H. The summed E-state index contributed by atoms with van der Waals surface area (Å²) in [4.78, 5) is 29.1. The SMILES string of the molecule is COc1cc(N)c(Cl)cc1C(=O)N1CCN(C(=O)CC2CCCCC2)CC1.Cl. The molecule has 6 nitrogen and oxygen atoms in total. The van der Waals surface area contributed by atoms with Crippen LogP contribution in [-0.2, 0) is 4.79 Å².